The van der Waals surface area contributed by atoms with E-state index >= 15 is 0 Å². The minimum Gasteiger partial charge on any atom is -0.348 e. The molecule has 1 atom stereocenters. The Balaban J connectivity index is 2.08. The van der Waals surface area contributed by atoms with E-state index < -0.39 is 0 Å². The van der Waals surface area contributed by atoms with Gasteiger partial charge in [0.15, 0.2) is 0 Å². The highest BCUT2D eigenvalue weighted by Gasteiger charge is 2.11. The van der Waals surface area contributed by atoms with Gasteiger partial charge < -0.3 is 9.88 Å². The molecule has 98 valence electrons. The first kappa shape index (κ1) is 12.8. The predicted molar refractivity (Wildman–Crippen MR) is 69.3 cm³/mol. The minimum atomic E-state index is 0.424. The second-order valence-electron chi connectivity index (χ2n) is 4.54. The fraction of sp³-hybridized carbons (Fsp3) is 0.538. The third kappa shape index (κ3) is 2.79. The zero-order valence-electron chi connectivity index (χ0n) is 11.2. The molecule has 2 aromatic heterocycles. The lowest BCUT2D eigenvalue weighted by Gasteiger charge is -2.13. The van der Waals surface area contributed by atoms with Crippen molar-refractivity contribution in [2.24, 2.45) is 0 Å². The molecular formula is C13H20N4O. The van der Waals surface area contributed by atoms with Crippen LogP contribution in [0.25, 0.3) is 0 Å². The lowest BCUT2D eigenvalue weighted by Crippen LogP contribution is -2.15. The SMILES string of the molecule is CCCC(NC)c1ccn(Cc2nonc2C)c1. The van der Waals surface area contributed by atoms with Gasteiger partial charge in [-0.15, -0.1) is 0 Å². The highest BCUT2D eigenvalue weighted by molar-refractivity contribution is 5.17. The van der Waals surface area contributed by atoms with Crippen molar-refractivity contribution in [1.82, 2.24) is 20.2 Å². The maximum Gasteiger partial charge on any atom is 0.127 e. The molecule has 0 bridgehead atoms. The highest BCUT2D eigenvalue weighted by Crippen LogP contribution is 2.18. The molecule has 5 nitrogen and oxygen atoms in total. The van der Waals surface area contributed by atoms with Crippen LogP contribution in [0.1, 0.15) is 42.8 Å². The average Bonchev–Trinajstić information content (AvgIpc) is 2.97. The van der Waals surface area contributed by atoms with Gasteiger partial charge in [-0.2, -0.15) is 0 Å². The first-order chi connectivity index (χ1) is 8.74. The van der Waals surface area contributed by atoms with Crippen LogP contribution in [-0.2, 0) is 6.54 Å². The van der Waals surface area contributed by atoms with Crippen LogP contribution in [0.2, 0.25) is 0 Å². The summed E-state index contributed by atoms with van der Waals surface area (Å²) >= 11 is 0. The topological polar surface area (TPSA) is 55.9 Å². The number of nitrogens with one attached hydrogen (secondary N) is 1. The van der Waals surface area contributed by atoms with Crippen molar-refractivity contribution < 1.29 is 4.63 Å². The Morgan fingerprint density at radius 3 is 2.89 bits per heavy atom. The van der Waals surface area contributed by atoms with E-state index in [0.717, 1.165) is 17.8 Å². The van der Waals surface area contributed by atoms with E-state index in [1.54, 1.807) is 0 Å². The van der Waals surface area contributed by atoms with Crippen molar-refractivity contribution in [3.05, 3.63) is 35.4 Å². The van der Waals surface area contributed by atoms with Gasteiger partial charge in [0.25, 0.3) is 0 Å². The molecule has 0 aromatic carbocycles. The van der Waals surface area contributed by atoms with Gasteiger partial charge in [-0.05, 0) is 32.0 Å². The molecule has 18 heavy (non-hydrogen) atoms. The van der Waals surface area contributed by atoms with Gasteiger partial charge in [0.1, 0.15) is 11.4 Å². The largest absolute Gasteiger partial charge is 0.348 e. The highest BCUT2D eigenvalue weighted by atomic mass is 16.6. The second-order valence-corrected chi connectivity index (χ2v) is 4.54. The van der Waals surface area contributed by atoms with Gasteiger partial charge in [0, 0.05) is 18.4 Å². The van der Waals surface area contributed by atoms with Gasteiger partial charge in [-0.3, -0.25) is 0 Å². The van der Waals surface area contributed by atoms with E-state index in [1.165, 1.54) is 12.0 Å². The Morgan fingerprint density at radius 1 is 1.44 bits per heavy atom. The van der Waals surface area contributed by atoms with Crippen LogP contribution >= 0.6 is 0 Å². The first-order valence-electron chi connectivity index (χ1n) is 6.35. The monoisotopic (exact) mass is 248 g/mol. The van der Waals surface area contributed by atoms with E-state index in [9.17, 15) is 0 Å². The molecule has 0 spiro atoms. The zero-order chi connectivity index (χ0) is 13.0. The van der Waals surface area contributed by atoms with E-state index in [1.807, 2.05) is 14.0 Å². The third-order valence-corrected chi connectivity index (χ3v) is 3.18. The molecule has 2 rings (SSSR count). The van der Waals surface area contributed by atoms with Crippen molar-refractivity contribution in [2.75, 3.05) is 7.05 Å². The van der Waals surface area contributed by atoms with Crippen LogP contribution in [0.15, 0.2) is 23.1 Å². The summed E-state index contributed by atoms with van der Waals surface area (Å²) in [6.45, 7) is 4.81. The molecule has 0 aliphatic heterocycles. The third-order valence-electron chi connectivity index (χ3n) is 3.18. The summed E-state index contributed by atoms with van der Waals surface area (Å²) in [5, 5.41) is 11.0. The van der Waals surface area contributed by atoms with Crippen molar-refractivity contribution in [3.8, 4) is 0 Å². The van der Waals surface area contributed by atoms with Crippen molar-refractivity contribution in [3.63, 3.8) is 0 Å². The van der Waals surface area contributed by atoms with E-state index in [0.29, 0.717) is 12.6 Å². The molecule has 5 heteroatoms. The fourth-order valence-electron chi connectivity index (χ4n) is 2.10. The van der Waals surface area contributed by atoms with E-state index in [-0.39, 0.29) is 0 Å². The molecule has 2 aromatic rings. The second kappa shape index (κ2) is 5.82. The predicted octanol–water partition coefficient (Wildman–Crippen LogP) is 2.29. The van der Waals surface area contributed by atoms with Gasteiger partial charge >= 0.3 is 0 Å². The number of aryl methyl sites for hydroxylation is 1. The van der Waals surface area contributed by atoms with Crippen molar-refractivity contribution in [1.29, 1.82) is 0 Å². The summed E-state index contributed by atoms with van der Waals surface area (Å²) in [6.07, 6.45) is 6.54. The van der Waals surface area contributed by atoms with Gasteiger partial charge in [-0.25, -0.2) is 4.63 Å². The fourth-order valence-corrected chi connectivity index (χ4v) is 2.10. The number of rotatable bonds is 6. The Labute approximate surface area is 107 Å². The Morgan fingerprint density at radius 2 is 2.28 bits per heavy atom. The molecule has 2 heterocycles. The summed E-state index contributed by atoms with van der Waals surface area (Å²) in [4.78, 5) is 0. The van der Waals surface area contributed by atoms with Crippen molar-refractivity contribution >= 4 is 0 Å². The molecule has 0 saturated heterocycles. The molecule has 1 unspecified atom stereocenters. The van der Waals surface area contributed by atoms with Crippen molar-refractivity contribution in [2.45, 2.75) is 39.3 Å². The smallest absolute Gasteiger partial charge is 0.127 e. The molecule has 0 radical (unpaired) electrons. The average molecular weight is 248 g/mol. The van der Waals surface area contributed by atoms with Crippen LogP contribution in [0.3, 0.4) is 0 Å². The normalized spacial score (nSPS) is 12.8. The van der Waals surface area contributed by atoms with Crippen LogP contribution in [-0.4, -0.2) is 21.9 Å². The van der Waals surface area contributed by atoms with Crippen LogP contribution in [0.5, 0.6) is 0 Å². The molecule has 0 amide bonds. The Bertz CT molecular complexity index is 489. The first-order valence-corrected chi connectivity index (χ1v) is 6.35. The summed E-state index contributed by atoms with van der Waals surface area (Å²) in [5.74, 6) is 0. The maximum atomic E-state index is 4.71. The maximum absolute atomic E-state index is 4.71. The lowest BCUT2D eigenvalue weighted by molar-refractivity contribution is 0.300. The Hall–Kier alpha value is -1.62. The molecule has 0 aliphatic carbocycles. The Kier molecular flexibility index (Phi) is 4.15. The minimum absolute atomic E-state index is 0.424. The molecule has 1 N–H and O–H groups in total. The zero-order valence-corrected chi connectivity index (χ0v) is 11.2. The molecular weight excluding hydrogens is 228 g/mol. The van der Waals surface area contributed by atoms with Crippen LogP contribution in [0.4, 0.5) is 0 Å². The summed E-state index contributed by atoms with van der Waals surface area (Å²) in [6, 6.07) is 2.58. The molecule has 0 saturated carbocycles. The van der Waals surface area contributed by atoms with Gasteiger partial charge in [0.05, 0.1) is 6.54 Å². The number of aromatic nitrogens is 3. The van der Waals surface area contributed by atoms with Gasteiger partial charge in [-0.1, -0.05) is 23.7 Å². The van der Waals surface area contributed by atoms with E-state index in [4.69, 9.17) is 4.63 Å². The van der Waals surface area contributed by atoms with Gasteiger partial charge in [0.2, 0.25) is 0 Å². The standard InChI is InChI=1S/C13H20N4O/c1-4-5-12(14-3)11-6-7-17(8-11)9-13-10(2)15-18-16-13/h6-8,12,14H,4-5,9H2,1-3H3. The lowest BCUT2D eigenvalue weighted by atomic mass is 10.1. The summed E-state index contributed by atoms with van der Waals surface area (Å²) < 4.78 is 6.82. The summed E-state index contributed by atoms with van der Waals surface area (Å²) in [7, 11) is 2.00. The number of hydrogen-bond acceptors (Lipinski definition) is 4. The number of hydrogen-bond donors (Lipinski definition) is 1. The summed E-state index contributed by atoms with van der Waals surface area (Å²) in [5.41, 5.74) is 3.05. The molecule has 0 fully saturated rings. The quantitative estimate of drug-likeness (QED) is 0.852. The number of nitrogens with zero attached hydrogens (tertiary/aromatic N) is 3. The van der Waals surface area contributed by atoms with Crippen LogP contribution in [0, 0.1) is 6.92 Å². The molecule has 0 aliphatic rings. The van der Waals surface area contributed by atoms with E-state index in [2.05, 4.69) is 45.6 Å². The van der Waals surface area contributed by atoms with Crippen LogP contribution < -0.4 is 5.32 Å².